The van der Waals surface area contributed by atoms with E-state index in [9.17, 15) is 12.8 Å². The lowest BCUT2D eigenvalue weighted by molar-refractivity contribution is 0.181. The third-order valence-electron chi connectivity index (χ3n) is 4.86. The van der Waals surface area contributed by atoms with E-state index >= 15 is 0 Å². The molecular formula is C18H25FN4O2S. The molecule has 0 radical (unpaired) electrons. The largest absolute Gasteiger partial charge is 0.296 e. The van der Waals surface area contributed by atoms with Gasteiger partial charge in [-0.15, -0.1) is 0 Å². The summed E-state index contributed by atoms with van der Waals surface area (Å²) in [6.45, 7) is 9.03. The fraction of sp³-hybridized carbons (Fsp3) is 0.500. The van der Waals surface area contributed by atoms with E-state index in [0.717, 1.165) is 5.56 Å². The Bertz CT molecular complexity index is 869. The van der Waals surface area contributed by atoms with Crippen molar-refractivity contribution in [2.45, 2.75) is 38.8 Å². The van der Waals surface area contributed by atoms with Crippen LogP contribution in [-0.2, 0) is 23.1 Å². The van der Waals surface area contributed by atoms with Gasteiger partial charge in [-0.05, 0) is 38.5 Å². The molecule has 8 heteroatoms. The van der Waals surface area contributed by atoms with E-state index in [1.165, 1.54) is 12.1 Å². The first-order chi connectivity index (χ1) is 12.3. The van der Waals surface area contributed by atoms with Crippen LogP contribution in [0.1, 0.15) is 23.9 Å². The molecule has 3 rings (SSSR count). The first-order valence-electron chi connectivity index (χ1n) is 8.84. The number of hydrogen-bond donors (Lipinski definition) is 0. The van der Waals surface area contributed by atoms with Crippen LogP contribution in [0.15, 0.2) is 29.2 Å². The highest BCUT2D eigenvalue weighted by Crippen LogP contribution is 2.24. The predicted molar refractivity (Wildman–Crippen MR) is 97.8 cm³/mol. The third-order valence-corrected chi connectivity index (χ3v) is 7.01. The fourth-order valence-electron chi connectivity index (χ4n) is 3.47. The molecule has 1 fully saturated rings. The normalized spacial score (nSPS) is 16.9. The van der Waals surface area contributed by atoms with Crippen molar-refractivity contribution in [2.24, 2.45) is 0 Å². The summed E-state index contributed by atoms with van der Waals surface area (Å²) in [4.78, 5) is 2.53. The van der Waals surface area contributed by atoms with Crippen LogP contribution in [-0.4, -0.2) is 53.6 Å². The number of sulfonamides is 1. The molecule has 1 aliphatic rings. The number of aromatic nitrogens is 2. The standard InChI is InChI=1S/C18H25FN4O2S/c1-4-23-15(3)18(14(2)20-23)26(24,25)22-11-9-21(10-12-22)13-16-5-7-17(19)8-6-16/h5-8H,4,9-13H2,1-3H3. The van der Waals surface area contributed by atoms with E-state index in [1.54, 1.807) is 35.0 Å². The molecule has 0 amide bonds. The van der Waals surface area contributed by atoms with Crippen LogP contribution in [0, 0.1) is 19.7 Å². The van der Waals surface area contributed by atoms with Crippen molar-refractivity contribution < 1.29 is 12.8 Å². The van der Waals surface area contributed by atoms with Gasteiger partial charge in [0.05, 0.1) is 11.4 Å². The highest BCUT2D eigenvalue weighted by molar-refractivity contribution is 7.89. The van der Waals surface area contributed by atoms with Crippen LogP contribution >= 0.6 is 0 Å². The lowest BCUT2D eigenvalue weighted by Gasteiger charge is -2.34. The molecule has 26 heavy (non-hydrogen) atoms. The Morgan fingerprint density at radius 3 is 2.23 bits per heavy atom. The molecule has 1 aromatic heterocycles. The van der Waals surface area contributed by atoms with E-state index in [0.29, 0.717) is 55.6 Å². The zero-order valence-electron chi connectivity index (χ0n) is 15.4. The van der Waals surface area contributed by atoms with Crippen molar-refractivity contribution in [3.63, 3.8) is 0 Å². The van der Waals surface area contributed by atoms with Crippen molar-refractivity contribution in [2.75, 3.05) is 26.2 Å². The molecule has 0 atom stereocenters. The monoisotopic (exact) mass is 380 g/mol. The summed E-state index contributed by atoms with van der Waals surface area (Å²) >= 11 is 0. The molecule has 0 aliphatic carbocycles. The maximum absolute atomic E-state index is 13.1. The van der Waals surface area contributed by atoms with Crippen LogP contribution in [0.4, 0.5) is 4.39 Å². The molecule has 2 aromatic rings. The summed E-state index contributed by atoms with van der Waals surface area (Å²) in [5.74, 6) is -0.247. The zero-order chi connectivity index (χ0) is 18.9. The van der Waals surface area contributed by atoms with Gasteiger partial charge in [-0.3, -0.25) is 9.58 Å². The van der Waals surface area contributed by atoms with E-state index in [1.807, 2.05) is 6.92 Å². The van der Waals surface area contributed by atoms with Gasteiger partial charge in [-0.25, -0.2) is 12.8 Å². The molecule has 142 valence electrons. The Morgan fingerprint density at radius 2 is 1.69 bits per heavy atom. The van der Waals surface area contributed by atoms with Gasteiger partial charge in [-0.1, -0.05) is 12.1 Å². The van der Waals surface area contributed by atoms with Gasteiger partial charge in [0.25, 0.3) is 0 Å². The number of rotatable bonds is 5. The number of nitrogens with zero attached hydrogens (tertiary/aromatic N) is 4. The topological polar surface area (TPSA) is 58.4 Å². The summed E-state index contributed by atoms with van der Waals surface area (Å²) < 4.78 is 42.4. The number of piperazine rings is 1. The van der Waals surface area contributed by atoms with Crippen molar-refractivity contribution in [1.29, 1.82) is 0 Å². The van der Waals surface area contributed by atoms with Gasteiger partial charge in [-0.2, -0.15) is 9.40 Å². The van der Waals surface area contributed by atoms with Crippen LogP contribution in [0.5, 0.6) is 0 Å². The number of halogens is 1. The molecule has 6 nitrogen and oxygen atoms in total. The van der Waals surface area contributed by atoms with E-state index in [-0.39, 0.29) is 5.82 Å². The van der Waals surface area contributed by atoms with Crippen molar-refractivity contribution in [3.05, 3.63) is 47.0 Å². The minimum absolute atomic E-state index is 0.247. The Labute approximate surface area is 154 Å². The second kappa shape index (κ2) is 7.46. The maximum atomic E-state index is 13.1. The number of hydrogen-bond acceptors (Lipinski definition) is 4. The van der Waals surface area contributed by atoms with Crippen LogP contribution in [0.2, 0.25) is 0 Å². The smallest absolute Gasteiger partial charge is 0.246 e. The second-order valence-corrected chi connectivity index (χ2v) is 8.50. The van der Waals surface area contributed by atoms with Gasteiger partial charge in [0.2, 0.25) is 10.0 Å². The predicted octanol–water partition coefficient (Wildman–Crippen LogP) is 2.17. The Hall–Kier alpha value is -1.77. The highest BCUT2D eigenvalue weighted by atomic mass is 32.2. The summed E-state index contributed by atoms with van der Waals surface area (Å²) in [5, 5.41) is 4.34. The lowest BCUT2D eigenvalue weighted by Crippen LogP contribution is -2.48. The van der Waals surface area contributed by atoms with Gasteiger partial charge in [0, 0.05) is 39.3 Å². The highest BCUT2D eigenvalue weighted by Gasteiger charge is 2.33. The summed E-state index contributed by atoms with van der Waals surface area (Å²) in [6, 6.07) is 6.44. The van der Waals surface area contributed by atoms with Gasteiger partial charge < -0.3 is 0 Å². The second-order valence-electron chi connectivity index (χ2n) is 6.62. The summed E-state index contributed by atoms with van der Waals surface area (Å²) in [5.41, 5.74) is 2.27. The van der Waals surface area contributed by atoms with Crippen molar-refractivity contribution in [3.8, 4) is 0 Å². The third kappa shape index (κ3) is 3.67. The molecule has 0 saturated carbocycles. The van der Waals surface area contributed by atoms with Crippen LogP contribution in [0.25, 0.3) is 0 Å². The molecule has 1 saturated heterocycles. The molecule has 2 heterocycles. The van der Waals surface area contributed by atoms with E-state index in [4.69, 9.17) is 0 Å². The molecule has 1 aromatic carbocycles. The Balaban J connectivity index is 1.69. The molecule has 0 unspecified atom stereocenters. The van der Waals surface area contributed by atoms with Gasteiger partial charge in [0.1, 0.15) is 10.7 Å². The van der Waals surface area contributed by atoms with Gasteiger partial charge in [0.15, 0.2) is 0 Å². The number of benzene rings is 1. The molecule has 1 aliphatic heterocycles. The minimum atomic E-state index is -3.54. The van der Waals surface area contributed by atoms with Gasteiger partial charge >= 0.3 is 0 Å². The quantitative estimate of drug-likeness (QED) is 0.798. The van der Waals surface area contributed by atoms with Crippen molar-refractivity contribution in [1.82, 2.24) is 19.0 Å². The average molecular weight is 380 g/mol. The zero-order valence-corrected chi connectivity index (χ0v) is 16.3. The first kappa shape index (κ1) is 19.0. The van der Waals surface area contributed by atoms with Crippen LogP contribution < -0.4 is 0 Å². The number of aryl methyl sites for hydroxylation is 2. The molecule has 0 bridgehead atoms. The first-order valence-corrected chi connectivity index (χ1v) is 10.3. The lowest BCUT2D eigenvalue weighted by atomic mass is 10.2. The summed E-state index contributed by atoms with van der Waals surface area (Å²) in [7, 11) is -3.54. The van der Waals surface area contributed by atoms with Crippen LogP contribution in [0.3, 0.4) is 0 Å². The SMILES string of the molecule is CCn1nc(C)c(S(=O)(=O)N2CCN(Cc3ccc(F)cc3)CC2)c1C. The molecule has 0 spiro atoms. The van der Waals surface area contributed by atoms with E-state index in [2.05, 4.69) is 10.00 Å². The van der Waals surface area contributed by atoms with Crippen molar-refractivity contribution >= 4 is 10.0 Å². The maximum Gasteiger partial charge on any atom is 0.246 e. The summed E-state index contributed by atoms with van der Waals surface area (Å²) in [6.07, 6.45) is 0. The van der Waals surface area contributed by atoms with E-state index < -0.39 is 10.0 Å². The molecule has 0 N–H and O–H groups in total. The average Bonchev–Trinajstić information content (AvgIpc) is 2.91. The Kier molecular flexibility index (Phi) is 5.45. The Morgan fingerprint density at radius 1 is 1.08 bits per heavy atom. The minimum Gasteiger partial charge on any atom is -0.296 e. The fourth-order valence-corrected chi connectivity index (χ4v) is 5.26. The molecular weight excluding hydrogens is 355 g/mol.